The largest absolute Gasteiger partial charge is 0.395 e. The summed E-state index contributed by atoms with van der Waals surface area (Å²) in [5.74, 6) is 1.19. The van der Waals surface area contributed by atoms with Gasteiger partial charge in [-0.25, -0.2) is 0 Å². The summed E-state index contributed by atoms with van der Waals surface area (Å²) in [6, 6.07) is 8.50. The van der Waals surface area contributed by atoms with Crippen molar-refractivity contribution >= 4 is 5.91 Å². The van der Waals surface area contributed by atoms with Crippen molar-refractivity contribution in [3.8, 4) is 0 Å². The molecule has 0 spiro atoms. The van der Waals surface area contributed by atoms with Gasteiger partial charge in [-0.2, -0.15) is 0 Å². The molecular formula is C17H23NO3. The molecule has 0 radical (unpaired) electrons. The molecular weight excluding hydrogens is 266 g/mol. The van der Waals surface area contributed by atoms with E-state index in [1.807, 2.05) is 0 Å². The van der Waals surface area contributed by atoms with E-state index < -0.39 is 0 Å². The Morgan fingerprint density at radius 2 is 2.19 bits per heavy atom. The highest BCUT2D eigenvalue weighted by Crippen LogP contribution is 2.60. The Labute approximate surface area is 125 Å². The number of carbonyl (C=O) groups excluding carboxylic acids is 1. The van der Waals surface area contributed by atoms with E-state index in [1.165, 1.54) is 11.1 Å². The van der Waals surface area contributed by atoms with E-state index in [2.05, 4.69) is 24.3 Å². The van der Waals surface area contributed by atoms with Crippen LogP contribution in [0.1, 0.15) is 23.5 Å². The summed E-state index contributed by atoms with van der Waals surface area (Å²) < 4.78 is 5.07. The molecule has 4 heteroatoms. The minimum Gasteiger partial charge on any atom is -0.395 e. The molecule has 0 heterocycles. The summed E-state index contributed by atoms with van der Waals surface area (Å²) in [6.07, 6.45) is 2.19. The Kier molecular flexibility index (Phi) is 4.27. The first-order valence-corrected chi connectivity index (χ1v) is 7.74. The van der Waals surface area contributed by atoms with Gasteiger partial charge in [0.05, 0.1) is 13.2 Å². The number of fused-ring (bicyclic) bond motifs is 3. The second-order valence-corrected chi connectivity index (χ2v) is 5.99. The maximum Gasteiger partial charge on any atom is 0.226 e. The number of amides is 1. The summed E-state index contributed by atoms with van der Waals surface area (Å²) in [5.41, 5.74) is 2.77. The van der Waals surface area contributed by atoms with Gasteiger partial charge in [-0.3, -0.25) is 4.79 Å². The number of hydrogen-bond donors (Lipinski definition) is 1. The molecule has 3 unspecified atom stereocenters. The van der Waals surface area contributed by atoms with Crippen LogP contribution in [-0.4, -0.2) is 49.3 Å². The number of nitrogens with zero attached hydrogens (tertiary/aromatic N) is 1. The normalized spacial score (nSPS) is 25.9. The molecule has 4 nitrogen and oxygen atoms in total. The Morgan fingerprint density at radius 1 is 1.38 bits per heavy atom. The van der Waals surface area contributed by atoms with Crippen molar-refractivity contribution in [2.24, 2.45) is 11.8 Å². The van der Waals surface area contributed by atoms with E-state index in [1.54, 1.807) is 12.0 Å². The Morgan fingerprint density at radius 3 is 2.95 bits per heavy atom. The lowest BCUT2D eigenvalue weighted by Crippen LogP contribution is -2.37. The summed E-state index contributed by atoms with van der Waals surface area (Å²) in [4.78, 5) is 14.5. The molecule has 0 bridgehead atoms. The van der Waals surface area contributed by atoms with Crippen LogP contribution >= 0.6 is 0 Å². The Bertz CT molecular complexity index is 517. The second-order valence-electron chi connectivity index (χ2n) is 5.99. The quantitative estimate of drug-likeness (QED) is 0.862. The number of aliphatic hydroxyl groups excluding tert-OH is 1. The molecule has 1 fully saturated rings. The number of aryl methyl sites for hydroxylation is 1. The minimum absolute atomic E-state index is 0.00803. The van der Waals surface area contributed by atoms with E-state index in [4.69, 9.17) is 9.84 Å². The maximum atomic E-state index is 12.7. The zero-order chi connectivity index (χ0) is 14.8. The molecule has 0 aliphatic heterocycles. The van der Waals surface area contributed by atoms with Gasteiger partial charge in [0.15, 0.2) is 0 Å². The van der Waals surface area contributed by atoms with Crippen molar-refractivity contribution in [3.63, 3.8) is 0 Å². The lowest BCUT2D eigenvalue weighted by Gasteiger charge is -2.21. The number of ether oxygens (including phenoxy) is 1. The third-order valence-electron chi connectivity index (χ3n) is 4.86. The van der Waals surface area contributed by atoms with Crippen molar-refractivity contribution in [1.29, 1.82) is 0 Å². The molecule has 1 amide bonds. The van der Waals surface area contributed by atoms with Crippen LogP contribution in [0.2, 0.25) is 0 Å². The van der Waals surface area contributed by atoms with Crippen LogP contribution in [0.15, 0.2) is 24.3 Å². The van der Waals surface area contributed by atoms with Crippen molar-refractivity contribution in [1.82, 2.24) is 4.90 Å². The van der Waals surface area contributed by atoms with Gasteiger partial charge < -0.3 is 14.7 Å². The number of methoxy groups -OCH3 is 1. The fraction of sp³-hybridized carbons (Fsp3) is 0.588. The topological polar surface area (TPSA) is 49.8 Å². The van der Waals surface area contributed by atoms with Gasteiger partial charge in [-0.05, 0) is 35.8 Å². The monoisotopic (exact) mass is 289 g/mol. The number of hydrogen-bond acceptors (Lipinski definition) is 3. The summed E-state index contributed by atoms with van der Waals surface area (Å²) >= 11 is 0. The standard InChI is InChI=1S/C17H23NO3/c1-21-11-9-18(8-10-19)17(20)16-14-7-6-12-4-2-3-5-13(12)15(14)16/h2-5,14-16,19H,6-11H2,1H3. The minimum atomic E-state index is 0.00803. The van der Waals surface area contributed by atoms with Crippen LogP contribution in [0.3, 0.4) is 0 Å². The van der Waals surface area contributed by atoms with E-state index in [0.29, 0.717) is 31.5 Å². The molecule has 2 aliphatic carbocycles. The molecule has 1 aromatic rings. The molecule has 3 atom stereocenters. The number of rotatable bonds is 6. The van der Waals surface area contributed by atoms with Crippen LogP contribution in [0.5, 0.6) is 0 Å². The van der Waals surface area contributed by atoms with E-state index >= 15 is 0 Å². The first-order valence-electron chi connectivity index (χ1n) is 7.74. The zero-order valence-electron chi connectivity index (χ0n) is 12.5. The Hall–Kier alpha value is -1.39. The second kappa shape index (κ2) is 6.16. The fourth-order valence-electron chi connectivity index (χ4n) is 3.77. The average Bonchev–Trinajstić information content (AvgIpc) is 3.25. The first-order chi connectivity index (χ1) is 10.3. The van der Waals surface area contributed by atoms with Crippen molar-refractivity contribution in [3.05, 3.63) is 35.4 Å². The van der Waals surface area contributed by atoms with Gasteiger partial charge in [0.25, 0.3) is 0 Å². The fourth-order valence-corrected chi connectivity index (χ4v) is 3.77. The average molecular weight is 289 g/mol. The highest BCUT2D eigenvalue weighted by Gasteiger charge is 2.57. The third-order valence-corrected chi connectivity index (χ3v) is 4.86. The number of aliphatic hydroxyl groups is 1. The van der Waals surface area contributed by atoms with Crippen LogP contribution in [0.4, 0.5) is 0 Å². The molecule has 114 valence electrons. The van der Waals surface area contributed by atoms with Gasteiger partial charge in [-0.15, -0.1) is 0 Å². The van der Waals surface area contributed by atoms with Gasteiger partial charge in [0.1, 0.15) is 0 Å². The predicted octanol–water partition coefficient (Wildman–Crippen LogP) is 1.43. The highest BCUT2D eigenvalue weighted by atomic mass is 16.5. The third kappa shape index (κ3) is 2.70. The molecule has 21 heavy (non-hydrogen) atoms. The molecule has 0 saturated heterocycles. The van der Waals surface area contributed by atoms with Gasteiger partial charge in [0, 0.05) is 26.1 Å². The Balaban J connectivity index is 1.72. The zero-order valence-corrected chi connectivity index (χ0v) is 12.5. The van der Waals surface area contributed by atoms with Crippen LogP contribution in [0, 0.1) is 11.8 Å². The number of benzene rings is 1. The van der Waals surface area contributed by atoms with E-state index in [-0.39, 0.29) is 18.4 Å². The lowest BCUT2D eigenvalue weighted by molar-refractivity contribution is -0.134. The van der Waals surface area contributed by atoms with E-state index in [9.17, 15) is 4.79 Å². The lowest BCUT2D eigenvalue weighted by atomic mass is 9.92. The van der Waals surface area contributed by atoms with Crippen LogP contribution < -0.4 is 0 Å². The SMILES string of the molecule is COCCN(CCO)C(=O)C1C2CCc3ccccc3C21. The van der Waals surface area contributed by atoms with Crippen molar-refractivity contribution in [2.75, 3.05) is 33.4 Å². The highest BCUT2D eigenvalue weighted by molar-refractivity contribution is 5.84. The molecule has 3 rings (SSSR count). The molecule has 1 N–H and O–H groups in total. The van der Waals surface area contributed by atoms with Crippen LogP contribution in [0.25, 0.3) is 0 Å². The number of carbonyl (C=O) groups is 1. The van der Waals surface area contributed by atoms with Gasteiger partial charge in [-0.1, -0.05) is 24.3 Å². The molecule has 0 aromatic heterocycles. The smallest absolute Gasteiger partial charge is 0.226 e. The van der Waals surface area contributed by atoms with Crippen LogP contribution in [-0.2, 0) is 16.0 Å². The van der Waals surface area contributed by atoms with Gasteiger partial charge >= 0.3 is 0 Å². The first kappa shape index (κ1) is 14.5. The summed E-state index contributed by atoms with van der Waals surface area (Å²) in [6.45, 7) is 1.49. The molecule has 1 aromatic carbocycles. The maximum absolute atomic E-state index is 12.7. The predicted molar refractivity (Wildman–Crippen MR) is 80.0 cm³/mol. The van der Waals surface area contributed by atoms with Gasteiger partial charge in [0.2, 0.25) is 5.91 Å². The van der Waals surface area contributed by atoms with Crippen molar-refractivity contribution in [2.45, 2.75) is 18.8 Å². The molecule has 1 saturated carbocycles. The van der Waals surface area contributed by atoms with Crippen molar-refractivity contribution < 1.29 is 14.6 Å². The molecule has 2 aliphatic rings. The van der Waals surface area contributed by atoms with E-state index in [0.717, 1.165) is 12.8 Å². The summed E-state index contributed by atoms with van der Waals surface area (Å²) in [5, 5.41) is 9.17. The summed E-state index contributed by atoms with van der Waals surface area (Å²) in [7, 11) is 1.63.